The predicted octanol–water partition coefficient (Wildman–Crippen LogP) is 3.31. The first-order valence-electron chi connectivity index (χ1n) is 10.6. The van der Waals surface area contributed by atoms with Crippen molar-refractivity contribution in [2.24, 2.45) is 0 Å². The molecule has 32 heavy (non-hydrogen) atoms. The zero-order valence-electron chi connectivity index (χ0n) is 17.8. The molecular formula is C23H24F2N4O3. The number of amides is 3. The van der Waals surface area contributed by atoms with E-state index < -0.39 is 11.8 Å². The van der Waals surface area contributed by atoms with E-state index in [0.717, 1.165) is 12.8 Å². The van der Waals surface area contributed by atoms with Gasteiger partial charge >= 0.3 is 5.92 Å². The van der Waals surface area contributed by atoms with Crippen LogP contribution in [0.5, 0.6) is 0 Å². The van der Waals surface area contributed by atoms with E-state index in [1.165, 1.54) is 18.3 Å². The van der Waals surface area contributed by atoms with E-state index in [0.29, 0.717) is 29.7 Å². The Hall–Kier alpha value is -3.36. The van der Waals surface area contributed by atoms with E-state index in [-0.39, 0.29) is 35.1 Å². The maximum Gasteiger partial charge on any atom is 0.352 e. The Morgan fingerprint density at radius 1 is 1.25 bits per heavy atom. The molecule has 0 saturated heterocycles. The van der Waals surface area contributed by atoms with Crippen LogP contribution in [0.2, 0.25) is 0 Å². The van der Waals surface area contributed by atoms with Crippen molar-refractivity contribution in [1.29, 1.82) is 0 Å². The molecule has 4 rings (SSSR count). The molecular weight excluding hydrogens is 418 g/mol. The molecule has 1 aromatic heterocycles. The summed E-state index contributed by atoms with van der Waals surface area (Å²) in [5.74, 6) is -5.11. The molecule has 1 unspecified atom stereocenters. The highest BCUT2D eigenvalue weighted by molar-refractivity contribution is 6.04. The normalized spacial score (nSPS) is 21.1. The molecule has 7 nitrogen and oxygen atoms in total. The highest BCUT2D eigenvalue weighted by atomic mass is 19.3. The lowest BCUT2D eigenvalue weighted by atomic mass is 10.0. The van der Waals surface area contributed by atoms with Crippen molar-refractivity contribution in [3.63, 3.8) is 0 Å². The molecule has 3 amide bonds. The van der Waals surface area contributed by atoms with E-state index in [1.54, 1.807) is 37.1 Å². The maximum atomic E-state index is 14.0. The number of benzene rings is 1. The molecule has 2 aromatic rings. The fourth-order valence-electron chi connectivity index (χ4n) is 4.23. The maximum absolute atomic E-state index is 14.0. The number of nitrogens with zero attached hydrogens (tertiary/aromatic N) is 2. The summed E-state index contributed by atoms with van der Waals surface area (Å²) in [6.07, 6.45) is 4.19. The number of hydrogen-bond donors (Lipinski definition) is 2. The third kappa shape index (κ3) is 3.94. The summed E-state index contributed by atoms with van der Waals surface area (Å²) in [5, 5.41) is 5.14. The Labute approximate surface area is 184 Å². The lowest BCUT2D eigenvalue weighted by Gasteiger charge is -2.25. The molecule has 1 saturated carbocycles. The van der Waals surface area contributed by atoms with Crippen LogP contribution in [0.3, 0.4) is 0 Å². The Balaban J connectivity index is 1.45. The van der Waals surface area contributed by atoms with Gasteiger partial charge in [0.2, 0.25) is 5.91 Å². The Morgan fingerprint density at radius 3 is 2.72 bits per heavy atom. The van der Waals surface area contributed by atoms with Gasteiger partial charge in [-0.05, 0) is 43.5 Å². The van der Waals surface area contributed by atoms with Gasteiger partial charge in [-0.3, -0.25) is 19.4 Å². The average Bonchev–Trinajstić information content (AvgIpc) is 3.34. The summed E-state index contributed by atoms with van der Waals surface area (Å²) in [4.78, 5) is 41.9. The minimum Gasteiger partial charge on any atom is -0.353 e. The molecule has 2 N–H and O–H groups in total. The predicted molar refractivity (Wildman–Crippen MR) is 114 cm³/mol. The van der Waals surface area contributed by atoms with Gasteiger partial charge < -0.3 is 15.5 Å². The minimum atomic E-state index is -3.58. The van der Waals surface area contributed by atoms with Gasteiger partial charge in [0.15, 0.2) is 0 Å². The fourth-order valence-corrected chi connectivity index (χ4v) is 4.23. The van der Waals surface area contributed by atoms with Crippen LogP contribution in [-0.2, 0) is 15.5 Å². The smallest absolute Gasteiger partial charge is 0.352 e. The van der Waals surface area contributed by atoms with Crippen LogP contribution in [-0.4, -0.2) is 46.7 Å². The van der Waals surface area contributed by atoms with Gasteiger partial charge in [-0.1, -0.05) is 13.0 Å². The first-order valence-corrected chi connectivity index (χ1v) is 10.6. The zero-order valence-corrected chi connectivity index (χ0v) is 17.8. The summed E-state index contributed by atoms with van der Waals surface area (Å²) in [6, 6.07) is 7.57. The number of anilines is 1. The van der Waals surface area contributed by atoms with Crippen LogP contribution < -0.4 is 10.6 Å². The van der Waals surface area contributed by atoms with Crippen LogP contribution in [0.1, 0.15) is 48.5 Å². The number of rotatable bonds is 5. The number of alkyl halides is 2. The Bertz CT molecular complexity index is 1070. The van der Waals surface area contributed by atoms with Gasteiger partial charge in [0, 0.05) is 37.3 Å². The van der Waals surface area contributed by atoms with Gasteiger partial charge in [0.25, 0.3) is 11.8 Å². The second-order valence-electron chi connectivity index (χ2n) is 8.22. The molecule has 2 atom stereocenters. The summed E-state index contributed by atoms with van der Waals surface area (Å²) in [7, 11) is 1.73. The lowest BCUT2D eigenvalue weighted by molar-refractivity contribution is -0.139. The van der Waals surface area contributed by atoms with Crippen LogP contribution >= 0.6 is 0 Å². The number of carbonyl (C=O) groups excluding carboxylic acids is 3. The third-order valence-electron chi connectivity index (χ3n) is 6.16. The fraction of sp³-hybridized carbons (Fsp3) is 0.391. The van der Waals surface area contributed by atoms with E-state index in [2.05, 4.69) is 15.6 Å². The van der Waals surface area contributed by atoms with E-state index in [1.807, 2.05) is 0 Å². The molecule has 1 aliphatic heterocycles. The average molecular weight is 442 g/mol. The summed E-state index contributed by atoms with van der Waals surface area (Å²) >= 11 is 0. The van der Waals surface area contributed by atoms with Gasteiger partial charge in [-0.15, -0.1) is 0 Å². The molecule has 1 aliphatic carbocycles. The number of carbonyl (C=O) groups is 3. The van der Waals surface area contributed by atoms with Gasteiger partial charge in [-0.2, -0.15) is 8.78 Å². The molecule has 1 aromatic carbocycles. The number of hydrogen-bond acceptors (Lipinski definition) is 4. The van der Waals surface area contributed by atoms with Crippen LogP contribution in [0.25, 0.3) is 11.3 Å². The van der Waals surface area contributed by atoms with Crippen molar-refractivity contribution < 1.29 is 23.2 Å². The van der Waals surface area contributed by atoms with Crippen LogP contribution in [0.15, 0.2) is 36.5 Å². The highest BCUT2D eigenvalue weighted by Gasteiger charge is 2.48. The van der Waals surface area contributed by atoms with Crippen molar-refractivity contribution >= 4 is 23.4 Å². The first kappa shape index (κ1) is 21.9. The first-order chi connectivity index (χ1) is 15.2. The van der Waals surface area contributed by atoms with E-state index >= 15 is 0 Å². The number of halogens is 2. The van der Waals surface area contributed by atoms with Crippen molar-refractivity contribution in [3.8, 4) is 11.3 Å². The standard InChI is InChI=1S/C23H24F2N4O3/c1-3-20(30)27-15-6-7-16(11-15)29(2)21(31)14-5-8-18(26-12-14)13-4-9-19-17(10-13)23(24,25)22(32)28-19/h4-5,8-10,12,15-16H,3,6-7,11H2,1-2H3,(H,27,30)(H,28,32)/t15?,16-/m1/s1. The second-order valence-corrected chi connectivity index (χ2v) is 8.22. The SMILES string of the molecule is CCC(=O)NC1CC[C@@H](N(C)C(=O)c2ccc(-c3ccc4c(c3)C(F)(F)C(=O)N4)nc2)C1. The van der Waals surface area contributed by atoms with Crippen LogP contribution in [0, 0.1) is 0 Å². The molecule has 2 aliphatic rings. The topological polar surface area (TPSA) is 91.4 Å². The molecule has 1 fully saturated rings. The molecule has 0 spiro atoms. The molecule has 2 heterocycles. The van der Waals surface area contributed by atoms with Crippen molar-refractivity contribution in [2.45, 2.75) is 50.6 Å². The summed E-state index contributed by atoms with van der Waals surface area (Å²) < 4.78 is 28.1. The summed E-state index contributed by atoms with van der Waals surface area (Å²) in [6.45, 7) is 1.80. The van der Waals surface area contributed by atoms with Gasteiger partial charge in [0.05, 0.1) is 22.5 Å². The Morgan fingerprint density at radius 2 is 2.03 bits per heavy atom. The minimum absolute atomic E-state index is 0.00823. The molecule has 0 radical (unpaired) electrons. The largest absolute Gasteiger partial charge is 0.353 e. The van der Waals surface area contributed by atoms with E-state index in [9.17, 15) is 23.2 Å². The molecule has 9 heteroatoms. The second kappa shape index (κ2) is 8.29. The highest BCUT2D eigenvalue weighted by Crippen LogP contribution is 2.42. The Kier molecular flexibility index (Phi) is 5.66. The summed E-state index contributed by atoms with van der Waals surface area (Å²) in [5.41, 5.74) is 0.943. The number of fused-ring (bicyclic) bond motifs is 1. The van der Waals surface area contributed by atoms with Gasteiger partial charge in [0.1, 0.15) is 0 Å². The van der Waals surface area contributed by atoms with E-state index in [4.69, 9.17) is 0 Å². The molecule has 0 bridgehead atoms. The van der Waals surface area contributed by atoms with Gasteiger partial charge in [-0.25, -0.2) is 0 Å². The monoisotopic (exact) mass is 442 g/mol. The van der Waals surface area contributed by atoms with Crippen molar-refractivity contribution in [3.05, 3.63) is 47.7 Å². The lowest BCUT2D eigenvalue weighted by Crippen LogP contribution is -2.38. The number of nitrogens with one attached hydrogen (secondary N) is 2. The quantitative estimate of drug-likeness (QED) is 0.743. The van der Waals surface area contributed by atoms with Crippen molar-refractivity contribution in [2.75, 3.05) is 12.4 Å². The number of pyridine rings is 1. The third-order valence-corrected chi connectivity index (χ3v) is 6.16. The zero-order chi connectivity index (χ0) is 23.0. The molecule has 168 valence electrons. The van der Waals surface area contributed by atoms with Crippen molar-refractivity contribution in [1.82, 2.24) is 15.2 Å². The van der Waals surface area contributed by atoms with Crippen LogP contribution in [0.4, 0.5) is 14.5 Å². The number of aromatic nitrogens is 1.